The predicted molar refractivity (Wildman–Crippen MR) is 65.0 cm³/mol. The lowest BCUT2D eigenvalue weighted by molar-refractivity contribution is 0.267. The third-order valence-electron chi connectivity index (χ3n) is 3.21. The molecule has 1 aromatic rings. The van der Waals surface area contributed by atoms with E-state index in [0.29, 0.717) is 6.04 Å². The molecule has 2 nitrogen and oxygen atoms in total. The number of hydrogen-bond donors (Lipinski definition) is 0. The van der Waals surface area contributed by atoms with Gasteiger partial charge in [-0.1, -0.05) is 6.42 Å². The highest BCUT2D eigenvalue weighted by atomic mass is 79.9. The molecule has 0 aliphatic heterocycles. The molecule has 1 fully saturated rings. The van der Waals surface area contributed by atoms with Crippen LogP contribution < -0.4 is 4.90 Å². The van der Waals surface area contributed by atoms with Crippen molar-refractivity contribution in [3.63, 3.8) is 0 Å². The van der Waals surface area contributed by atoms with Crippen molar-refractivity contribution < 1.29 is 0 Å². The lowest BCUT2D eigenvalue weighted by Crippen LogP contribution is -2.38. The Morgan fingerprint density at radius 1 is 1.64 bits per heavy atom. The van der Waals surface area contributed by atoms with Crippen molar-refractivity contribution in [1.29, 1.82) is 0 Å². The van der Waals surface area contributed by atoms with Crippen LogP contribution in [0.25, 0.3) is 0 Å². The number of thiazole rings is 1. The van der Waals surface area contributed by atoms with E-state index in [4.69, 9.17) is 0 Å². The Bertz CT molecular complexity index is 309. The summed E-state index contributed by atoms with van der Waals surface area (Å²) in [7, 11) is 2.15. The third-order valence-corrected chi connectivity index (χ3v) is 4.85. The van der Waals surface area contributed by atoms with Crippen LogP contribution in [0, 0.1) is 5.92 Å². The van der Waals surface area contributed by atoms with Crippen molar-refractivity contribution in [3.05, 3.63) is 9.98 Å². The van der Waals surface area contributed by atoms with E-state index in [1.54, 1.807) is 11.3 Å². The van der Waals surface area contributed by atoms with Crippen molar-refractivity contribution in [2.45, 2.75) is 32.2 Å². The van der Waals surface area contributed by atoms with Gasteiger partial charge in [-0.2, -0.15) is 0 Å². The zero-order valence-electron chi connectivity index (χ0n) is 8.53. The fraction of sp³-hybridized carbons (Fsp3) is 0.700. The van der Waals surface area contributed by atoms with Crippen LogP contribution in [0.4, 0.5) is 5.13 Å². The van der Waals surface area contributed by atoms with Crippen molar-refractivity contribution in [3.8, 4) is 0 Å². The Labute approximate surface area is 97.5 Å². The molecule has 0 bridgehead atoms. The van der Waals surface area contributed by atoms with Crippen LogP contribution in [0.2, 0.25) is 0 Å². The first kappa shape index (κ1) is 10.4. The average molecular weight is 275 g/mol. The summed E-state index contributed by atoms with van der Waals surface area (Å²) in [6.45, 7) is 2.30. The summed E-state index contributed by atoms with van der Waals surface area (Å²) in [6, 6.07) is 0.627. The molecule has 78 valence electrons. The first-order chi connectivity index (χ1) is 6.68. The molecule has 14 heavy (non-hydrogen) atoms. The molecule has 1 saturated carbocycles. The van der Waals surface area contributed by atoms with Crippen LogP contribution in [0.1, 0.15) is 26.2 Å². The smallest absolute Gasteiger partial charge is 0.186 e. The maximum atomic E-state index is 4.43. The zero-order valence-corrected chi connectivity index (χ0v) is 10.9. The minimum atomic E-state index is 0.627. The number of anilines is 1. The SMILES string of the molecule is CC(C1CCC1)N(C)c1nc(Br)cs1. The van der Waals surface area contributed by atoms with Crippen LogP contribution in [0.15, 0.2) is 9.98 Å². The highest BCUT2D eigenvalue weighted by molar-refractivity contribution is 9.10. The third kappa shape index (κ3) is 1.96. The molecule has 0 aromatic carbocycles. The first-order valence-electron chi connectivity index (χ1n) is 5.02. The highest BCUT2D eigenvalue weighted by Gasteiger charge is 2.27. The maximum absolute atomic E-state index is 4.43. The monoisotopic (exact) mass is 274 g/mol. The summed E-state index contributed by atoms with van der Waals surface area (Å²) in [6.07, 6.45) is 4.18. The fourth-order valence-corrected chi connectivity index (χ4v) is 3.12. The first-order valence-corrected chi connectivity index (χ1v) is 6.69. The van der Waals surface area contributed by atoms with E-state index < -0.39 is 0 Å². The number of nitrogens with zero attached hydrogens (tertiary/aromatic N) is 2. The van der Waals surface area contributed by atoms with Gasteiger partial charge in [-0.05, 0) is 41.6 Å². The van der Waals surface area contributed by atoms with E-state index in [9.17, 15) is 0 Å². The lowest BCUT2D eigenvalue weighted by atomic mass is 9.80. The van der Waals surface area contributed by atoms with Gasteiger partial charge < -0.3 is 4.90 Å². The number of rotatable bonds is 3. The Kier molecular flexibility index (Phi) is 3.12. The summed E-state index contributed by atoms with van der Waals surface area (Å²) < 4.78 is 0.949. The summed E-state index contributed by atoms with van der Waals surface area (Å²) in [5.74, 6) is 0.877. The molecule has 1 aromatic heterocycles. The molecule has 2 rings (SSSR count). The van der Waals surface area contributed by atoms with Gasteiger partial charge >= 0.3 is 0 Å². The Morgan fingerprint density at radius 2 is 2.36 bits per heavy atom. The molecule has 0 amide bonds. The molecule has 1 atom stereocenters. The van der Waals surface area contributed by atoms with Gasteiger partial charge in [0.25, 0.3) is 0 Å². The minimum Gasteiger partial charge on any atom is -0.348 e. The van der Waals surface area contributed by atoms with Crippen LogP contribution in [0.3, 0.4) is 0 Å². The van der Waals surface area contributed by atoms with E-state index in [1.807, 2.05) is 5.38 Å². The van der Waals surface area contributed by atoms with Gasteiger partial charge in [-0.3, -0.25) is 0 Å². The normalized spacial score (nSPS) is 19.1. The van der Waals surface area contributed by atoms with Crippen LogP contribution in [-0.2, 0) is 0 Å². The molecule has 0 radical (unpaired) electrons. The Hall–Kier alpha value is -0.0900. The fourth-order valence-electron chi connectivity index (χ4n) is 1.82. The molecule has 1 heterocycles. The number of hydrogen-bond acceptors (Lipinski definition) is 3. The molecular formula is C10H15BrN2S. The average Bonchev–Trinajstić information content (AvgIpc) is 2.47. The zero-order chi connectivity index (χ0) is 10.1. The molecule has 0 N–H and O–H groups in total. The molecular weight excluding hydrogens is 260 g/mol. The summed E-state index contributed by atoms with van der Waals surface area (Å²) in [4.78, 5) is 6.74. The molecule has 4 heteroatoms. The van der Waals surface area contributed by atoms with E-state index in [0.717, 1.165) is 15.7 Å². The van der Waals surface area contributed by atoms with Crippen molar-refractivity contribution in [2.24, 2.45) is 5.92 Å². The van der Waals surface area contributed by atoms with E-state index in [-0.39, 0.29) is 0 Å². The van der Waals surface area contributed by atoms with E-state index in [1.165, 1.54) is 19.3 Å². The second kappa shape index (κ2) is 4.19. The lowest BCUT2D eigenvalue weighted by Gasteiger charge is -2.37. The molecule has 1 aliphatic carbocycles. The van der Waals surface area contributed by atoms with E-state index in [2.05, 4.69) is 39.8 Å². The number of halogens is 1. The minimum absolute atomic E-state index is 0.627. The van der Waals surface area contributed by atoms with Crippen molar-refractivity contribution in [1.82, 2.24) is 4.98 Å². The largest absolute Gasteiger partial charge is 0.348 e. The second-order valence-electron chi connectivity index (χ2n) is 4.00. The van der Waals surface area contributed by atoms with Crippen LogP contribution >= 0.6 is 27.3 Å². The summed E-state index contributed by atoms with van der Waals surface area (Å²) >= 11 is 5.10. The van der Waals surface area contributed by atoms with Gasteiger partial charge in [-0.15, -0.1) is 11.3 Å². The molecule has 1 aliphatic rings. The number of aromatic nitrogens is 1. The van der Waals surface area contributed by atoms with Gasteiger partial charge in [0.15, 0.2) is 5.13 Å². The van der Waals surface area contributed by atoms with Crippen LogP contribution in [-0.4, -0.2) is 18.1 Å². The summed E-state index contributed by atoms with van der Waals surface area (Å²) in [5.41, 5.74) is 0. The Morgan fingerprint density at radius 3 is 2.79 bits per heavy atom. The standard InChI is InChI=1S/C10H15BrN2S/c1-7(8-4-3-5-8)13(2)10-12-9(11)6-14-10/h6-8H,3-5H2,1-2H3. The van der Waals surface area contributed by atoms with Gasteiger partial charge in [0.05, 0.1) is 0 Å². The highest BCUT2D eigenvalue weighted by Crippen LogP contribution is 2.34. The summed E-state index contributed by atoms with van der Waals surface area (Å²) in [5, 5.41) is 3.16. The van der Waals surface area contributed by atoms with Gasteiger partial charge in [0.2, 0.25) is 0 Å². The van der Waals surface area contributed by atoms with Gasteiger partial charge in [0, 0.05) is 18.5 Å². The molecule has 1 unspecified atom stereocenters. The second-order valence-corrected chi connectivity index (χ2v) is 5.64. The predicted octanol–water partition coefficient (Wildman–Crippen LogP) is 3.53. The van der Waals surface area contributed by atoms with Gasteiger partial charge in [0.1, 0.15) is 4.60 Å². The molecule has 0 saturated heterocycles. The van der Waals surface area contributed by atoms with Crippen molar-refractivity contribution >= 4 is 32.4 Å². The van der Waals surface area contributed by atoms with E-state index >= 15 is 0 Å². The van der Waals surface area contributed by atoms with Crippen LogP contribution in [0.5, 0.6) is 0 Å². The maximum Gasteiger partial charge on any atom is 0.186 e. The molecule has 0 spiro atoms. The van der Waals surface area contributed by atoms with Crippen molar-refractivity contribution in [2.75, 3.05) is 11.9 Å². The topological polar surface area (TPSA) is 16.1 Å². The van der Waals surface area contributed by atoms with Gasteiger partial charge in [-0.25, -0.2) is 4.98 Å². The quantitative estimate of drug-likeness (QED) is 0.839. The Balaban J connectivity index is 2.03.